The molecule has 0 heterocycles. The normalized spacial score (nSPS) is 14.2. The third kappa shape index (κ3) is 4.71. The predicted molar refractivity (Wildman–Crippen MR) is 226 cm³/mol. The van der Waals surface area contributed by atoms with Crippen LogP contribution in [-0.2, 0) is 17.3 Å². The second-order valence-corrected chi connectivity index (χ2v) is 15.4. The van der Waals surface area contributed by atoms with Crippen molar-refractivity contribution >= 4 is 5.69 Å². The van der Waals surface area contributed by atoms with Crippen LogP contribution >= 0.6 is 0 Å². The summed E-state index contributed by atoms with van der Waals surface area (Å²) in [5.74, 6) is 0. The molecule has 0 atom stereocenters. The smallest absolute Gasteiger partial charge is 0.0725 e. The lowest BCUT2D eigenvalue weighted by atomic mass is 9.70. The lowest BCUT2D eigenvalue weighted by Crippen LogP contribution is -2.25. The topological polar surface area (TPSA) is 26.0 Å². The van der Waals surface area contributed by atoms with Crippen LogP contribution in [0, 0.1) is 0 Å². The number of hydrogen-bond donors (Lipinski definition) is 1. The van der Waals surface area contributed by atoms with Crippen LogP contribution in [0.3, 0.4) is 0 Å². The van der Waals surface area contributed by atoms with Crippen LogP contribution in [0.4, 0.5) is 5.69 Å². The van der Waals surface area contributed by atoms with Crippen LogP contribution in [0.15, 0.2) is 188 Å². The Morgan fingerprint density at radius 2 is 0.889 bits per heavy atom. The first-order valence-corrected chi connectivity index (χ1v) is 19.0. The maximum atomic E-state index is 5.70. The average Bonchev–Trinajstić information content (AvgIpc) is 3.77. The summed E-state index contributed by atoms with van der Waals surface area (Å²) >= 11 is 0. The van der Waals surface area contributed by atoms with Crippen LogP contribution in [0.25, 0.3) is 44.5 Å². The van der Waals surface area contributed by atoms with Crippen molar-refractivity contribution in [1.29, 1.82) is 0 Å². The predicted octanol–water partition coefficient (Wildman–Crippen LogP) is 12.9. The van der Waals surface area contributed by atoms with Crippen molar-refractivity contribution < 1.29 is 0 Å². The highest BCUT2D eigenvalue weighted by atomic mass is 14.5. The number of hydrogen-bond acceptors (Lipinski definition) is 1. The highest BCUT2D eigenvalue weighted by Gasteiger charge is 2.51. The number of anilines is 1. The van der Waals surface area contributed by atoms with Crippen molar-refractivity contribution in [3.05, 3.63) is 233 Å². The fourth-order valence-corrected chi connectivity index (χ4v) is 9.80. The van der Waals surface area contributed by atoms with E-state index in [1.54, 1.807) is 0 Å². The van der Waals surface area contributed by atoms with E-state index in [9.17, 15) is 0 Å². The van der Waals surface area contributed by atoms with Crippen molar-refractivity contribution in [2.24, 2.45) is 0 Å². The molecular formula is C53H41N. The molecule has 0 unspecified atom stereocenters. The Balaban J connectivity index is 0.000000235. The van der Waals surface area contributed by atoms with Crippen LogP contribution in [0.1, 0.15) is 58.4 Å². The lowest BCUT2D eigenvalue weighted by Gasteiger charge is -2.30. The molecule has 0 fully saturated rings. The van der Waals surface area contributed by atoms with Gasteiger partial charge in [0.25, 0.3) is 0 Å². The van der Waals surface area contributed by atoms with E-state index in [0.717, 1.165) is 12.1 Å². The van der Waals surface area contributed by atoms with Crippen molar-refractivity contribution in [1.82, 2.24) is 0 Å². The van der Waals surface area contributed by atoms with Gasteiger partial charge in [-0.05, 0) is 108 Å². The van der Waals surface area contributed by atoms with E-state index in [1.165, 1.54) is 89.0 Å². The molecule has 1 heteroatoms. The molecule has 0 bridgehead atoms. The van der Waals surface area contributed by atoms with Crippen LogP contribution in [0.2, 0.25) is 0 Å². The van der Waals surface area contributed by atoms with Crippen LogP contribution < -0.4 is 5.73 Å². The number of nitrogens with two attached hydrogens (primary N) is 1. The van der Waals surface area contributed by atoms with Gasteiger partial charge in [-0.2, -0.15) is 0 Å². The van der Waals surface area contributed by atoms with Gasteiger partial charge in [0.15, 0.2) is 0 Å². The number of rotatable bonds is 3. The molecule has 0 amide bonds. The van der Waals surface area contributed by atoms with Gasteiger partial charge in [-0.25, -0.2) is 0 Å². The summed E-state index contributed by atoms with van der Waals surface area (Å²) in [6, 6.07) is 68.5. The van der Waals surface area contributed by atoms with E-state index in [-0.39, 0.29) is 10.8 Å². The minimum atomic E-state index is -0.269. The van der Waals surface area contributed by atoms with E-state index < -0.39 is 0 Å². The van der Waals surface area contributed by atoms with Crippen LogP contribution in [0.5, 0.6) is 0 Å². The standard InChI is InChI=1S/C41H30.C12H11N/c1-40(2)33-17-7-6-16-31(33)39-27(12-11-21-38(39)40)24-26-22-23-37-32(25-26)30-15-5-10-20-36(30)41(37)34-18-8-3-13-28(34)29-14-4-9-19-35(29)41;13-12-8-4-7-11(9-12)10-5-2-1-3-6-10/h3-23,25H,24H2,1-2H3;1-9H,13H2. The molecule has 0 aromatic heterocycles. The molecular weight excluding hydrogens is 651 g/mol. The monoisotopic (exact) mass is 691 g/mol. The Kier molecular flexibility index (Phi) is 7.35. The Labute approximate surface area is 318 Å². The first-order valence-electron chi connectivity index (χ1n) is 19.0. The minimum absolute atomic E-state index is 0.0223. The van der Waals surface area contributed by atoms with Gasteiger partial charge in [-0.1, -0.05) is 190 Å². The zero-order chi connectivity index (χ0) is 36.4. The van der Waals surface area contributed by atoms with Gasteiger partial charge < -0.3 is 5.73 Å². The van der Waals surface area contributed by atoms with Crippen molar-refractivity contribution in [2.45, 2.75) is 31.1 Å². The van der Waals surface area contributed by atoms with Gasteiger partial charge in [-0.15, -0.1) is 0 Å². The zero-order valence-corrected chi connectivity index (χ0v) is 30.7. The summed E-state index contributed by atoms with van der Waals surface area (Å²) < 4.78 is 0. The molecule has 8 aromatic rings. The van der Waals surface area contributed by atoms with Gasteiger partial charge in [0.05, 0.1) is 5.41 Å². The fraction of sp³-hybridized carbons (Fsp3) is 0.0943. The Bertz CT molecular complexity index is 2690. The summed E-state index contributed by atoms with van der Waals surface area (Å²) in [5.41, 5.74) is 28.2. The molecule has 3 aliphatic carbocycles. The maximum absolute atomic E-state index is 5.70. The molecule has 8 aromatic carbocycles. The zero-order valence-electron chi connectivity index (χ0n) is 30.7. The molecule has 11 rings (SSSR count). The van der Waals surface area contributed by atoms with Gasteiger partial charge in [0.1, 0.15) is 0 Å². The Hall–Kier alpha value is -6.44. The van der Waals surface area contributed by atoms with Crippen molar-refractivity contribution in [2.75, 3.05) is 5.73 Å². The summed E-state index contributed by atoms with van der Waals surface area (Å²) in [5, 5.41) is 0. The van der Waals surface area contributed by atoms with E-state index in [2.05, 4.69) is 166 Å². The SMILES string of the molecule is CC1(C)c2ccccc2-c2c(Cc3ccc4c(c3)-c3ccccc3C43c4ccccc4-c4ccccc43)cccc21.Nc1cccc(-c2ccccc2)c1. The molecule has 0 aliphatic heterocycles. The van der Waals surface area contributed by atoms with E-state index in [0.29, 0.717) is 0 Å². The summed E-state index contributed by atoms with van der Waals surface area (Å²) in [7, 11) is 0. The number of fused-ring (bicyclic) bond motifs is 13. The third-order valence-corrected chi connectivity index (χ3v) is 12.1. The molecule has 2 N–H and O–H groups in total. The van der Waals surface area contributed by atoms with Crippen LogP contribution in [-0.4, -0.2) is 0 Å². The Morgan fingerprint density at radius 1 is 0.389 bits per heavy atom. The quantitative estimate of drug-likeness (QED) is 0.183. The minimum Gasteiger partial charge on any atom is -0.399 e. The molecule has 54 heavy (non-hydrogen) atoms. The highest BCUT2D eigenvalue weighted by Crippen LogP contribution is 2.62. The third-order valence-electron chi connectivity index (χ3n) is 12.1. The van der Waals surface area contributed by atoms with Gasteiger partial charge in [0, 0.05) is 11.1 Å². The molecule has 0 radical (unpaired) electrons. The van der Waals surface area contributed by atoms with Gasteiger partial charge >= 0.3 is 0 Å². The fourth-order valence-electron chi connectivity index (χ4n) is 9.80. The van der Waals surface area contributed by atoms with Gasteiger partial charge in [0.2, 0.25) is 0 Å². The Morgan fingerprint density at radius 3 is 1.54 bits per heavy atom. The van der Waals surface area contributed by atoms with Crippen molar-refractivity contribution in [3.8, 4) is 44.5 Å². The molecule has 1 nitrogen and oxygen atoms in total. The molecule has 3 aliphatic rings. The highest BCUT2D eigenvalue weighted by molar-refractivity contribution is 5.95. The maximum Gasteiger partial charge on any atom is 0.0725 e. The van der Waals surface area contributed by atoms with Gasteiger partial charge in [-0.3, -0.25) is 0 Å². The first kappa shape index (κ1) is 32.2. The summed E-state index contributed by atoms with van der Waals surface area (Å²) in [6.07, 6.45) is 0.920. The molecule has 1 spiro atoms. The largest absolute Gasteiger partial charge is 0.399 e. The van der Waals surface area contributed by atoms with Crippen molar-refractivity contribution in [3.63, 3.8) is 0 Å². The first-order chi connectivity index (χ1) is 26.5. The number of benzene rings is 8. The average molecular weight is 692 g/mol. The molecule has 0 saturated carbocycles. The summed E-state index contributed by atoms with van der Waals surface area (Å²) in [6.45, 7) is 4.73. The lowest BCUT2D eigenvalue weighted by molar-refractivity contribution is 0.660. The van der Waals surface area contributed by atoms with E-state index in [1.807, 2.05) is 36.4 Å². The number of nitrogen functional groups attached to an aromatic ring is 1. The van der Waals surface area contributed by atoms with E-state index in [4.69, 9.17) is 5.73 Å². The second kappa shape index (κ2) is 12.3. The molecule has 258 valence electrons. The molecule has 0 saturated heterocycles. The summed E-state index contributed by atoms with van der Waals surface area (Å²) in [4.78, 5) is 0. The van der Waals surface area contributed by atoms with E-state index >= 15 is 0 Å². The second-order valence-electron chi connectivity index (χ2n) is 15.4.